The molecule has 0 aliphatic rings. The third-order valence-electron chi connectivity index (χ3n) is 3.93. The fourth-order valence-corrected chi connectivity index (χ4v) is 2.77. The number of rotatable bonds is 6. The van der Waals surface area contributed by atoms with Crippen LogP contribution < -0.4 is 10.6 Å². The molecule has 0 saturated heterocycles. The van der Waals surface area contributed by atoms with Crippen molar-refractivity contribution in [2.45, 2.75) is 26.7 Å². The van der Waals surface area contributed by atoms with Gasteiger partial charge in [0.1, 0.15) is 0 Å². The number of fused-ring (bicyclic) bond motifs is 1. The zero-order valence-electron chi connectivity index (χ0n) is 14.8. The predicted molar refractivity (Wildman–Crippen MR) is 101 cm³/mol. The van der Waals surface area contributed by atoms with Crippen molar-refractivity contribution in [3.05, 3.63) is 42.2 Å². The summed E-state index contributed by atoms with van der Waals surface area (Å²) in [6.07, 6.45) is 4.66. The number of urea groups is 1. The molecule has 2 aromatic heterocycles. The van der Waals surface area contributed by atoms with Crippen LogP contribution in [0.4, 0.5) is 10.7 Å². The van der Waals surface area contributed by atoms with Gasteiger partial charge in [-0.1, -0.05) is 13.0 Å². The van der Waals surface area contributed by atoms with Crippen LogP contribution in [0.1, 0.15) is 37.0 Å². The number of aromatic amines is 1. The number of amides is 2. The first-order chi connectivity index (χ1) is 12.6. The Hall–Kier alpha value is -3.22. The van der Waals surface area contributed by atoms with E-state index in [4.69, 9.17) is 0 Å². The molecule has 0 aliphatic heterocycles. The van der Waals surface area contributed by atoms with Gasteiger partial charge in [0.25, 0.3) is 0 Å². The van der Waals surface area contributed by atoms with Crippen molar-refractivity contribution < 1.29 is 9.59 Å². The van der Waals surface area contributed by atoms with Crippen molar-refractivity contribution in [3.8, 4) is 11.1 Å². The normalized spacial score (nSPS) is 10.7. The average molecular weight is 351 g/mol. The second-order valence-corrected chi connectivity index (χ2v) is 5.90. The summed E-state index contributed by atoms with van der Waals surface area (Å²) in [5.74, 6) is 0.344. The Kier molecular flexibility index (Phi) is 5.26. The largest absolute Gasteiger partial charge is 0.338 e. The van der Waals surface area contributed by atoms with Crippen LogP contribution in [-0.2, 0) is 0 Å². The summed E-state index contributed by atoms with van der Waals surface area (Å²) in [5, 5.41) is 5.30. The van der Waals surface area contributed by atoms with E-state index in [-0.39, 0.29) is 11.8 Å². The molecule has 0 bridgehead atoms. The van der Waals surface area contributed by atoms with Crippen LogP contribution in [0.3, 0.4) is 0 Å². The quantitative estimate of drug-likeness (QED) is 0.589. The van der Waals surface area contributed by atoms with E-state index in [0.29, 0.717) is 35.5 Å². The summed E-state index contributed by atoms with van der Waals surface area (Å²) in [6.45, 7) is 4.31. The number of pyridine rings is 1. The van der Waals surface area contributed by atoms with Crippen LogP contribution in [0, 0.1) is 0 Å². The van der Waals surface area contributed by atoms with Crippen LogP contribution in [0.2, 0.25) is 0 Å². The number of carbonyl (C=O) groups is 2. The summed E-state index contributed by atoms with van der Waals surface area (Å²) in [4.78, 5) is 36.0. The SMILES string of the molecule is CCCC(=O)c1cc(-c2cccnc2)cc2nc(NC(=O)NCC)[nH]c12. The number of anilines is 1. The third kappa shape index (κ3) is 3.72. The fraction of sp³-hybridized carbons (Fsp3) is 0.263. The van der Waals surface area contributed by atoms with Gasteiger partial charge in [-0.05, 0) is 37.1 Å². The Bertz CT molecular complexity index is 934. The molecule has 2 amide bonds. The molecule has 0 radical (unpaired) electrons. The molecule has 0 atom stereocenters. The van der Waals surface area contributed by atoms with Gasteiger partial charge in [-0.25, -0.2) is 9.78 Å². The highest BCUT2D eigenvalue weighted by atomic mass is 16.2. The van der Waals surface area contributed by atoms with E-state index in [9.17, 15) is 9.59 Å². The topological polar surface area (TPSA) is 99.8 Å². The van der Waals surface area contributed by atoms with Crippen molar-refractivity contribution >= 4 is 28.8 Å². The lowest BCUT2D eigenvalue weighted by molar-refractivity contribution is 0.0983. The van der Waals surface area contributed by atoms with Crippen molar-refractivity contribution in [2.24, 2.45) is 0 Å². The van der Waals surface area contributed by atoms with Crippen LogP contribution in [0.15, 0.2) is 36.7 Å². The summed E-state index contributed by atoms with van der Waals surface area (Å²) in [6, 6.07) is 7.17. The van der Waals surface area contributed by atoms with E-state index in [2.05, 4.69) is 25.6 Å². The van der Waals surface area contributed by atoms with Crippen LogP contribution in [0.5, 0.6) is 0 Å². The number of imidazole rings is 1. The van der Waals surface area contributed by atoms with Crippen molar-refractivity contribution in [1.82, 2.24) is 20.3 Å². The van der Waals surface area contributed by atoms with Gasteiger partial charge in [-0.2, -0.15) is 0 Å². The van der Waals surface area contributed by atoms with E-state index < -0.39 is 0 Å². The first-order valence-corrected chi connectivity index (χ1v) is 8.64. The highest BCUT2D eigenvalue weighted by Crippen LogP contribution is 2.28. The number of hydrogen-bond acceptors (Lipinski definition) is 4. The first-order valence-electron chi connectivity index (χ1n) is 8.64. The van der Waals surface area contributed by atoms with Gasteiger partial charge in [0.05, 0.1) is 11.0 Å². The molecule has 3 N–H and O–H groups in total. The Balaban J connectivity index is 2.09. The molecule has 26 heavy (non-hydrogen) atoms. The molecule has 3 rings (SSSR count). The minimum Gasteiger partial charge on any atom is -0.338 e. The molecule has 0 fully saturated rings. The second kappa shape index (κ2) is 7.77. The number of hydrogen-bond donors (Lipinski definition) is 3. The number of carbonyl (C=O) groups excluding carboxylic acids is 2. The minimum atomic E-state index is -0.347. The number of H-pyrrole nitrogens is 1. The molecule has 1 aromatic carbocycles. The molecule has 0 saturated carbocycles. The smallest absolute Gasteiger partial charge is 0.321 e. The molecule has 7 heteroatoms. The summed E-state index contributed by atoms with van der Waals surface area (Å²) in [7, 11) is 0. The van der Waals surface area contributed by atoms with E-state index in [1.807, 2.05) is 38.1 Å². The van der Waals surface area contributed by atoms with Gasteiger partial charge < -0.3 is 10.3 Å². The lowest BCUT2D eigenvalue weighted by Crippen LogP contribution is -2.28. The van der Waals surface area contributed by atoms with Crippen molar-refractivity contribution in [2.75, 3.05) is 11.9 Å². The summed E-state index contributed by atoms with van der Waals surface area (Å²) < 4.78 is 0. The minimum absolute atomic E-state index is 0.0384. The number of ketones is 1. The van der Waals surface area contributed by atoms with Crippen molar-refractivity contribution in [1.29, 1.82) is 0 Å². The molecule has 0 spiro atoms. The molecule has 0 aliphatic carbocycles. The molecular weight excluding hydrogens is 330 g/mol. The van der Waals surface area contributed by atoms with E-state index in [1.165, 1.54) is 0 Å². The zero-order valence-corrected chi connectivity index (χ0v) is 14.8. The standard InChI is InChI=1S/C19H21N5O2/c1-3-6-16(25)14-9-13(12-7-5-8-20-11-12)10-15-17(14)23-18(22-15)24-19(26)21-4-2/h5,7-11H,3-4,6H2,1-2H3,(H3,21,22,23,24,26). The molecule has 2 heterocycles. The Morgan fingerprint density at radius 2 is 2.04 bits per heavy atom. The van der Waals surface area contributed by atoms with Crippen molar-refractivity contribution in [3.63, 3.8) is 0 Å². The third-order valence-corrected chi connectivity index (χ3v) is 3.93. The first kappa shape index (κ1) is 17.6. The maximum Gasteiger partial charge on any atom is 0.321 e. The maximum atomic E-state index is 12.6. The van der Waals surface area contributed by atoms with Crippen LogP contribution >= 0.6 is 0 Å². The van der Waals surface area contributed by atoms with Gasteiger partial charge in [0.15, 0.2) is 5.78 Å². The monoisotopic (exact) mass is 351 g/mol. The molecule has 0 unspecified atom stereocenters. The molecule has 3 aromatic rings. The number of aromatic nitrogens is 3. The number of nitrogens with zero attached hydrogens (tertiary/aromatic N) is 2. The average Bonchev–Trinajstić information content (AvgIpc) is 3.04. The molecule has 7 nitrogen and oxygen atoms in total. The Morgan fingerprint density at radius 3 is 2.73 bits per heavy atom. The van der Waals surface area contributed by atoms with Gasteiger partial charge >= 0.3 is 6.03 Å². The van der Waals surface area contributed by atoms with Gasteiger partial charge in [-0.15, -0.1) is 0 Å². The fourth-order valence-electron chi connectivity index (χ4n) is 2.77. The molecule has 134 valence electrons. The second-order valence-electron chi connectivity index (χ2n) is 5.90. The van der Waals surface area contributed by atoms with Gasteiger partial charge in [0, 0.05) is 36.5 Å². The Morgan fingerprint density at radius 1 is 1.19 bits per heavy atom. The van der Waals surface area contributed by atoms with Crippen LogP contribution in [0.25, 0.3) is 22.2 Å². The van der Waals surface area contributed by atoms with E-state index in [1.54, 1.807) is 12.4 Å². The predicted octanol–water partition coefficient (Wildman–Crippen LogP) is 3.75. The number of Topliss-reactive ketones (excluding diaryl/α,β-unsaturated/α-hetero) is 1. The summed E-state index contributed by atoms with van der Waals surface area (Å²) in [5.41, 5.74) is 3.59. The Labute approximate surface area is 151 Å². The highest BCUT2D eigenvalue weighted by Gasteiger charge is 2.16. The lowest BCUT2D eigenvalue weighted by atomic mass is 9.99. The van der Waals surface area contributed by atoms with Crippen LogP contribution in [-0.4, -0.2) is 33.3 Å². The van der Waals surface area contributed by atoms with E-state index >= 15 is 0 Å². The number of benzene rings is 1. The zero-order chi connectivity index (χ0) is 18.5. The number of nitrogens with one attached hydrogen (secondary N) is 3. The van der Waals surface area contributed by atoms with Gasteiger partial charge in [-0.3, -0.25) is 15.1 Å². The highest BCUT2D eigenvalue weighted by molar-refractivity contribution is 6.08. The molecular formula is C19H21N5O2. The lowest BCUT2D eigenvalue weighted by Gasteiger charge is -2.06. The maximum absolute atomic E-state index is 12.6. The summed E-state index contributed by atoms with van der Waals surface area (Å²) >= 11 is 0. The van der Waals surface area contributed by atoms with E-state index in [0.717, 1.165) is 17.5 Å². The van der Waals surface area contributed by atoms with Gasteiger partial charge in [0.2, 0.25) is 5.95 Å².